The lowest BCUT2D eigenvalue weighted by Gasteiger charge is -2.10. The summed E-state index contributed by atoms with van der Waals surface area (Å²) in [7, 11) is 0. The maximum atomic E-state index is 12.7. The number of nitrogens with one attached hydrogen (secondary N) is 1. The van der Waals surface area contributed by atoms with Crippen molar-refractivity contribution in [1.29, 1.82) is 0 Å². The molecule has 1 amide bonds. The molecule has 2 aromatic carbocycles. The average molecular weight is 390 g/mol. The first-order valence-electron chi connectivity index (χ1n) is 8.63. The van der Waals surface area contributed by atoms with E-state index < -0.39 is 0 Å². The van der Waals surface area contributed by atoms with Crippen molar-refractivity contribution in [3.8, 4) is 5.69 Å². The Hall–Kier alpha value is -3.51. The molecule has 0 atom stereocenters. The van der Waals surface area contributed by atoms with Gasteiger partial charge in [-0.1, -0.05) is 23.7 Å². The van der Waals surface area contributed by atoms with Crippen LogP contribution in [0, 0.1) is 0 Å². The third-order valence-electron chi connectivity index (χ3n) is 4.28. The summed E-state index contributed by atoms with van der Waals surface area (Å²) in [5, 5.41) is 10.8. The summed E-state index contributed by atoms with van der Waals surface area (Å²) in [6, 6.07) is 16.9. The van der Waals surface area contributed by atoms with Crippen LogP contribution in [-0.4, -0.2) is 25.7 Å². The number of anilines is 1. The molecule has 0 aliphatic rings. The summed E-state index contributed by atoms with van der Waals surface area (Å²) >= 11 is 6.23. The molecule has 0 saturated carbocycles. The predicted octanol–water partition coefficient (Wildman–Crippen LogP) is 4.16. The van der Waals surface area contributed by atoms with E-state index in [0.29, 0.717) is 16.3 Å². The molecule has 28 heavy (non-hydrogen) atoms. The summed E-state index contributed by atoms with van der Waals surface area (Å²) < 4.78 is 1.71. The highest BCUT2D eigenvalue weighted by atomic mass is 35.5. The van der Waals surface area contributed by atoms with Gasteiger partial charge in [0, 0.05) is 23.8 Å². The van der Waals surface area contributed by atoms with Crippen LogP contribution in [0.5, 0.6) is 0 Å². The summed E-state index contributed by atoms with van der Waals surface area (Å²) in [6.45, 7) is 0. The van der Waals surface area contributed by atoms with Gasteiger partial charge in [-0.3, -0.25) is 14.3 Å². The first kappa shape index (κ1) is 17.9. The van der Waals surface area contributed by atoms with Gasteiger partial charge in [0.2, 0.25) is 0 Å². The fourth-order valence-corrected chi connectivity index (χ4v) is 3.03. The number of pyridine rings is 1. The van der Waals surface area contributed by atoms with E-state index in [1.165, 1.54) is 5.56 Å². The van der Waals surface area contributed by atoms with Gasteiger partial charge >= 0.3 is 0 Å². The number of carbonyl (C=O) groups excluding carboxylic acids is 1. The summed E-state index contributed by atoms with van der Waals surface area (Å²) in [5.41, 5.74) is 4.18. The standard InChI is InChI=1S/C21H16ClN5O/c22-20-6-5-18(27-13-24-25-14-27)12-19(20)21(28)26-17-3-1-15(2-4-17)11-16-7-9-23-10-8-16/h1-10,12-14H,11H2,(H,26,28). The Morgan fingerprint density at radius 1 is 0.929 bits per heavy atom. The molecule has 0 fully saturated rings. The molecule has 0 radical (unpaired) electrons. The van der Waals surface area contributed by atoms with Crippen molar-refractivity contribution in [2.24, 2.45) is 0 Å². The molecule has 7 heteroatoms. The van der Waals surface area contributed by atoms with Crippen LogP contribution < -0.4 is 5.32 Å². The van der Waals surface area contributed by atoms with Crippen LogP contribution in [0.2, 0.25) is 5.02 Å². The fraction of sp³-hybridized carbons (Fsp3) is 0.0476. The molecule has 6 nitrogen and oxygen atoms in total. The maximum Gasteiger partial charge on any atom is 0.257 e. The Bertz CT molecular complexity index is 1080. The highest BCUT2D eigenvalue weighted by molar-refractivity contribution is 6.34. The van der Waals surface area contributed by atoms with Crippen molar-refractivity contribution in [3.05, 3.63) is 101 Å². The second kappa shape index (κ2) is 8.02. The smallest absolute Gasteiger partial charge is 0.257 e. The number of amides is 1. The van der Waals surface area contributed by atoms with Crippen LogP contribution in [0.25, 0.3) is 5.69 Å². The quantitative estimate of drug-likeness (QED) is 0.556. The molecule has 0 spiro atoms. The highest BCUT2D eigenvalue weighted by Crippen LogP contribution is 2.22. The van der Waals surface area contributed by atoms with Crippen LogP contribution in [0.1, 0.15) is 21.5 Å². The molecule has 0 bridgehead atoms. The van der Waals surface area contributed by atoms with Crippen LogP contribution in [0.4, 0.5) is 5.69 Å². The lowest BCUT2D eigenvalue weighted by Crippen LogP contribution is -2.13. The summed E-state index contributed by atoms with van der Waals surface area (Å²) in [5.74, 6) is -0.276. The van der Waals surface area contributed by atoms with E-state index in [9.17, 15) is 4.79 Å². The molecule has 0 aliphatic carbocycles. The van der Waals surface area contributed by atoms with E-state index >= 15 is 0 Å². The van der Waals surface area contributed by atoms with Gasteiger partial charge in [-0.2, -0.15) is 0 Å². The number of hydrogen-bond acceptors (Lipinski definition) is 4. The largest absolute Gasteiger partial charge is 0.322 e. The van der Waals surface area contributed by atoms with Gasteiger partial charge in [0.25, 0.3) is 5.91 Å². The molecule has 1 N–H and O–H groups in total. The normalized spacial score (nSPS) is 10.6. The number of halogens is 1. The molecule has 0 saturated heterocycles. The molecule has 4 rings (SSSR count). The number of nitrogens with zero attached hydrogens (tertiary/aromatic N) is 4. The second-order valence-electron chi connectivity index (χ2n) is 6.22. The third-order valence-corrected chi connectivity index (χ3v) is 4.61. The molecular formula is C21H16ClN5O. The lowest BCUT2D eigenvalue weighted by atomic mass is 10.1. The van der Waals surface area contributed by atoms with Crippen LogP contribution in [-0.2, 0) is 6.42 Å². The minimum Gasteiger partial charge on any atom is -0.322 e. The Morgan fingerprint density at radius 2 is 1.61 bits per heavy atom. The lowest BCUT2D eigenvalue weighted by molar-refractivity contribution is 0.102. The van der Waals surface area contributed by atoms with Gasteiger partial charge < -0.3 is 5.32 Å². The minimum atomic E-state index is -0.276. The number of carbonyl (C=O) groups is 1. The van der Waals surface area contributed by atoms with Gasteiger partial charge in [-0.15, -0.1) is 10.2 Å². The zero-order valence-corrected chi connectivity index (χ0v) is 15.5. The highest BCUT2D eigenvalue weighted by Gasteiger charge is 2.12. The predicted molar refractivity (Wildman–Crippen MR) is 108 cm³/mol. The Labute approximate surface area is 166 Å². The van der Waals surface area contributed by atoms with Gasteiger partial charge in [0.1, 0.15) is 12.7 Å². The zero-order chi connectivity index (χ0) is 19.3. The SMILES string of the molecule is O=C(Nc1ccc(Cc2ccncc2)cc1)c1cc(-n2cnnc2)ccc1Cl. The number of hydrogen-bond donors (Lipinski definition) is 1. The number of rotatable bonds is 5. The molecule has 138 valence electrons. The molecular weight excluding hydrogens is 374 g/mol. The van der Waals surface area contributed by atoms with Crippen molar-refractivity contribution in [2.45, 2.75) is 6.42 Å². The summed E-state index contributed by atoms with van der Waals surface area (Å²) in [4.78, 5) is 16.7. The van der Waals surface area contributed by atoms with E-state index in [-0.39, 0.29) is 5.91 Å². The zero-order valence-electron chi connectivity index (χ0n) is 14.8. The van der Waals surface area contributed by atoms with Crippen molar-refractivity contribution < 1.29 is 4.79 Å². The van der Waals surface area contributed by atoms with Crippen molar-refractivity contribution in [3.63, 3.8) is 0 Å². The number of benzene rings is 2. The van der Waals surface area contributed by atoms with Gasteiger partial charge in [0.15, 0.2) is 0 Å². The summed E-state index contributed by atoms with van der Waals surface area (Å²) in [6.07, 6.45) is 7.49. The average Bonchev–Trinajstić information content (AvgIpc) is 3.25. The van der Waals surface area contributed by atoms with Gasteiger partial charge in [-0.05, 0) is 60.0 Å². The number of aromatic nitrogens is 4. The van der Waals surface area contributed by atoms with Crippen molar-refractivity contribution in [2.75, 3.05) is 5.32 Å². The van der Waals surface area contributed by atoms with E-state index in [2.05, 4.69) is 20.5 Å². The molecule has 0 unspecified atom stereocenters. The van der Waals surface area contributed by atoms with Gasteiger partial charge in [-0.25, -0.2) is 0 Å². The Balaban J connectivity index is 1.48. The minimum absolute atomic E-state index is 0.276. The first-order chi connectivity index (χ1) is 13.7. The molecule has 2 heterocycles. The van der Waals surface area contributed by atoms with Crippen LogP contribution in [0.3, 0.4) is 0 Å². The second-order valence-corrected chi connectivity index (χ2v) is 6.62. The topological polar surface area (TPSA) is 72.7 Å². The Kier molecular flexibility index (Phi) is 5.12. The maximum absolute atomic E-state index is 12.7. The van der Waals surface area contributed by atoms with Gasteiger partial charge in [0.05, 0.1) is 10.6 Å². The molecule has 0 aliphatic heterocycles. The fourth-order valence-electron chi connectivity index (χ4n) is 2.82. The van der Waals surface area contributed by atoms with Crippen molar-refractivity contribution >= 4 is 23.2 Å². The van der Waals surface area contributed by atoms with E-state index in [1.54, 1.807) is 47.8 Å². The van der Waals surface area contributed by atoms with E-state index in [4.69, 9.17) is 11.6 Å². The Morgan fingerprint density at radius 3 is 2.32 bits per heavy atom. The third kappa shape index (κ3) is 4.07. The first-order valence-corrected chi connectivity index (χ1v) is 9.00. The molecule has 4 aromatic rings. The van der Waals surface area contributed by atoms with Crippen molar-refractivity contribution in [1.82, 2.24) is 19.7 Å². The molecule has 2 aromatic heterocycles. The van der Waals surface area contributed by atoms with Crippen LogP contribution >= 0.6 is 11.6 Å². The van der Waals surface area contributed by atoms with E-state index in [1.807, 2.05) is 36.4 Å². The van der Waals surface area contributed by atoms with Crippen LogP contribution in [0.15, 0.2) is 79.6 Å². The van der Waals surface area contributed by atoms with E-state index in [0.717, 1.165) is 17.7 Å². The monoisotopic (exact) mass is 389 g/mol.